The van der Waals surface area contributed by atoms with Crippen LogP contribution in [0, 0.1) is 0 Å². The topological polar surface area (TPSA) is 118 Å². The van der Waals surface area contributed by atoms with Gasteiger partial charge in [0.25, 0.3) is 11.8 Å². The maximum Gasteiger partial charge on any atom is 0.325 e. The number of ether oxygens (including phenoxy) is 2. The van der Waals surface area contributed by atoms with Crippen LogP contribution in [0.15, 0.2) is 54.6 Å². The standard InChI is InChI=1S/C25H27N5O5/c1-3-13-34-22(31)15-30(19-16-35-20-12-8-7-11-18(20)29(2)24(19)32)25(33)23-26-21(27-28-23)14-17-9-5-4-6-10-17/h4-12,19H,3,13-16H2,1-2H3,(H,26,27,28)/t19-/m0/s1. The van der Waals surface area contributed by atoms with Crippen LogP contribution in [0.1, 0.15) is 35.4 Å². The Kier molecular flexibility index (Phi) is 7.39. The minimum absolute atomic E-state index is 0.131. The molecule has 182 valence electrons. The molecule has 1 aliphatic rings. The summed E-state index contributed by atoms with van der Waals surface area (Å²) in [7, 11) is 1.60. The predicted molar refractivity (Wildman–Crippen MR) is 127 cm³/mol. The number of hydrogen-bond donors (Lipinski definition) is 1. The molecule has 0 fully saturated rings. The molecule has 0 aliphatic carbocycles. The van der Waals surface area contributed by atoms with Crippen LogP contribution in [-0.2, 0) is 20.7 Å². The Morgan fingerprint density at radius 1 is 1.17 bits per heavy atom. The van der Waals surface area contributed by atoms with Crippen LogP contribution in [-0.4, -0.2) is 70.7 Å². The molecule has 0 unspecified atom stereocenters. The smallest absolute Gasteiger partial charge is 0.325 e. The van der Waals surface area contributed by atoms with Crippen molar-refractivity contribution in [3.05, 3.63) is 71.8 Å². The fourth-order valence-electron chi connectivity index (χ4n) is 3.77. The highest BCUT2D eigenvalue weighted by Crippen LogP contribution is 2.31. The molecule has 2 heterocycles. The molecule has 3 aromatic rings. The molecule has 0 spiro atoms. The fraction of sp³-hybridized carbons (Fsp3) is 0.320. The number of carbonyl (C=O) groups excluding carboxylic acids is 3. The SMILES string of the molecule is CCCOC(=O)CN(C(=O)c1n[nH]c(Cc2ccccc2)n1)[C@H]1COc2ccccc2N(C)C1=O. The summed E-state index contributed by atoms with van der Waals surface area (Å²) in [5.41, 5.74) is 1.57. The van der Waals surface area contributed by atoms with E-state index in [9.17, 15) is 14.4 Å². The van der Waals surface area contributed by atoms with E-state index in [1.807, 2.05) is 37.3 Å². The molecule has 0 saturated carbocycles. The molecule has 1 aromatic heterocycles. The second-order valence-electron chi connectivity index (χ2n) is 8.11. The molecule has 0 bridgehead atoms. The van der Waals surface area contributed by atoms with Crippen LogP contribution < -0.4 is 9.64 Å². The van der Waals surface area contributed by atoms with Gasteiger partial charge in [-0.25, -0.2) is 4.98 Å². The molecular formula is C25H27N5O5. The summed E-state index contributed by atoms with van der Waals surface area (Å²) in [5, 5.41) is 6.83. The number of rotatable bonds is 8. The number of aromatic amines is 1. The lowest BCUT2D eigenvalue weighted by atomic mass is 10.1. The number of anilines is 1. The van der Waals surface area contributed by atoms with Gasteiger partial charge in [0.2, 0.25) is 5.82 Å². The van der Waals surface area contributed by atoms with Crippen LogP contribution in [0.3, 0.4) is 0 Å². The summed E-state index contributed by atoms with van der Waals surface area (Å²) in [5.74, 6) is -0.841. The maximum atomic E-state index is 13.5. The Bertz CT molecular complexity index is 1200. The number of carbonyl (C=O) groups is 3. The van der Waals surface area contributed by atoms with Crippen molar-refractivity contribution in [3.63, 3.8) is 0 Å². The molecule has 0 radical (unpaired) electrons. The Morgan fingerprint density at radius 2 is 1.91 bits per heavy atom. The predicted octanol–water partition coefficient (Wildman–Crippen LogP) is 2.21. The van der Waals surface area contributed by atoms with Gasteiger partial charge in [-0.1, -0.05) is 49.4 Å². The van der Waals surface area contributed by atoms with Crippen LogP contribution in [0.5, 0.6) is 5.75 Å². The van der Waals surface area contributed by atoms with Crippen LogP contribution in [0.25, 0.3) is 0 Å². The summed E-state index contributed by atoms with van der Waals surface area (Å²) in [6.45, 7) is 1.51. The number of hydrogen-bond acceptors (Lipinski definition) is 7. The molecule has 1 aliphatic heterocycles. The number of benzene rings is 2. The molecule has 35 heavy (non-hydrogen) atoms. The Morgan fingerprint density at radius 3 is 2.69 bits per heavy atom. The zero-order valence-corrected chi connectivity index (χ0v) is 19.6. The second-order valence-corrected chi connectivity index (χ2v) is 8.11. The number of fused-ring (bicyclic) bond motifs is 1. The third-order valence-corrected chi connectivity index (χ3v) is 5.58. The number of esters is 1. The second kappa shape index (κ2) is 10.8. The third-order valence-electron chi connectivity index (χ3n) is 5.58. The fourth-order valence-corrected chi connectivity index (χ4v) is 3.77. The van der Waals surface area contributed by atoms with E-state index in [0.717, 1.165) is 10.5 Å². The van der Waals surface area contributed by atoms with Gasteiger partial charge in [-0.05, 0) is 24.1 Å². The van der Waals surface area contributed by atoms with Crippen LogP contribution >= 0.6 is 0 Å². The molecule has 2 aromatic carbocycles. The van der Waals surface area contributed by atoms with Crippen molar-refractivity contribution >= 4 is 23.5 Å². The van der Waals surface area contributed by atoms with Crippen molar-refractivity contribution in [3.8, 4) is 5.75 Å². The van der Waals surface area contributed by atoms with Crippen molar-refractivity contribution in [1.29, 1.82) is 0 Å². The first-order valence-corrected chi connectivity index (χ1v) is 11.4. The number of H-pyrrole nitrogens is 1. The first-order valence-electron chi connectivity index (χ1n) is 11.4. The van der Waals surface area contributed by atoms with Crippen molar-refractivity contribution < 1.29 is 23.9 Å². The van der Waals surface area contributed by atoms with E-state index in [2.05, 4.69) is 15.2 Å². The summed E-state index contributed by atoms with van der Waals surface area (Å²) in [6, 6.07) is 15.6. The third kappa shape index (κ3) is 5.48. The molecular weight excluding hydrogens is 450 g/mol. The van der Waals surface area contributed by atoms with E-state index in [-0.39, 0.29) is 19.0 Å². The van der Waals surface area contributed by atoms with Gasteiger partial charge in [0.1, 0.15) is 30.8 Å². The molecule has 10 nitrogen and oxygen atoms in total. The van der Waals surface area contributed by atoms with Crippen molar-refractivity contribution in [2.45, 2.75) is 25.8 Å². The van der Waals surface area contributed by atoms with E-state index in [0.29, 0.717) is 30.1 Å². The normalized spacial score (nSPS) is 15.1. The highest BCUT2D eigenvalue weighted by Gasteiger charge is 2.39. The Labute approximate surface area is 202 Å². The first kappa shape index (κ1) is 23.9. The number of likely N-dealkylation sites (N-methyl/N-ethyl adjacent to an activating group) is 1. The number of nitrogens with zero attached hydrogens (tertiary/aromatic N) is 4. The molecule has 0 saturated heterocycles. The number of para-hydroxylation sites is 2. The summed E-state index contributed by atoms with van der Waals surface area (Å²) < 4.78 is 11.0. The van der Waals surface area contributed by atoms with Gasteiger partial charge in [0.15, 0.2) is 0 Å². The van der Waals surface area contributed by atoms with Crippen molar-refractivity contribution in [2.75, 3.05) is 31.7 Å². The zero-order valence-electron chi connectivity index (χ0n) is 19.6. The quantitative estimate of drug-likeness (QED) is 0.494. The number of nitrogens with one attached hydrogen (secondary N) is 1. The van der Waals surface area contributed by atoms with Gasteiger partial charge in [-0.15, -0.1) is 5.10 Å². The monoisotopic (exact) mass is 477 g/mol. The van der Waals surface area contributed by atoms with E-state index in [4.69, 9.17) is 9.47 Å². The summed E-state index contributed by atoms with van der Waals surface area (Å²) >= 11 is 0. The minimum atomic E-state index is -1.08. The van der Waals surface area contributed by atoms with Gasteiger partial charge >= 0.3 is 5.97 Å². The van der Waals surface area contributed by atoms with E-state index < -0.39 is 30.4 Å². The summed E-state index contributed by atoms with van der Waals surface area (Å²) in [4.78, 5) is 46.2. The van der Waals surface area contributed by atoms with Crippen LogP contribution in [0.2, 0.25) is 0 Å². The van der Waals surface area contributed by atoms with Crippen molar-refractivity contribution in [1.82, 2.24) is 20.1 Å². The molecule has 1 atom stereocenters. The summed E-state index contributed by atoms with van der Waals surface area (Å²) in [6.07, 6.45) is 1.08. The molecule has 1 N–H and O–H groups in total. The molecule has 10 heteroatoms. The van der Waals surface area contributed by atoms with E-state index in [1.54, 1.807) is 31.3 Å². The van der Waals surface area contributed by atoms with Crippen molar-refractivity contribution in [2.24, 2.45) is 0 Å². The highest BCUT2D eigenvalue weighted by molar-refractivity contribution is 6.03. The van der Waals surface area contributed by atoms with Gasteiger partial charge < -0.3 is 19.3 Å². The van der Waals surface area contributed by atoms with Gasteiger partial charge in [0, 0.05) is 13.5 Å². The van der Waals surface area contributed by atoms with Gasteiger partial charge in [0.05, 0.1) is 12.3 Å². The first-order chi connectivity index (χ1) is 17.0. The minimum Gasteiger partial charge on any atom is -0.489 e. The number of aromatic nitrogens is 3. The highest BCUT2D eigenvalue weighted by atomic mass is 16.5. The average molecular weight is 478 g/mol. The number of amides is 2. The molecule has 4 rings (SSSR count). The molecule has 2 amide bonds. The average Bonchev–Trinajstić information content (AvgIpc) is 3.30. The zero-order chi connectivity index (χ0) is 24.8. The Balaban J connectivity index is 1.60. The lowest BCUT2D eigenvalue weighted by Crippen LogP contribution is -2.54. The largest absolute Gasteiger partial charge is 0.489 e. The Hall–Kier alpha value is -4.21. The van der Waals surface area contributed by atoms with Gasteiger partial charge in [-0.3, -0.25) is 19.5 Å². The lowest BCUT2D eigenvalue weighted by Gasteiger charge is -2.29. The van der Waals surface area contributed by atoms with Crippen LogP contribution in [0.4, 0.5) is 5.69 Å². The van der Waals surface area contributed by atoms with E-state index >= 15 is 0 Å². The van der Waals surface area contributed by atoms with Gasteiger partial charge in [-0.2, -0.15) is 0 Å². The lowest BCUT2D eigenvalue weighted by molar-refractivity contribution is -0.145. The maximum absolute atomic E-state index is 13.5. The van der Waals surface area contributed by atoms with E-state index in [1.165, 1.54) is 4.90 Å².